The van der Waals surface area contributed by atoms with Gasteiger partial charge in [-0.3, -0.25) is 4.98 Å². The van der Waals surface area contributed by atoms with Crippen molar-refractivity contribution in [1.82, 2.24) is 10.3 Å². The zero-order valence-electron chi connectivity index (χ0n) is 9.31. The summed E-state index contributed by atoms with van der Waals surface area (Å²) < 4.78 is 5.33. The number of aromatic nitrogens is 1. The number of rotatable bonds is 4. The Hall–Kier alpha value is -1.39. The third kappa shape index (κ3) is 2.08. The summed E-state index contributed by atoms with van der Waals surface area (Å²) in [5, 5.41) is 7.44. The molecule has 0 aliphatic heterocycles. The molecule has 0 aliphatic rings. The van der Waals surface area contributed by atoms with Gasteiger partial charge >= 0.3 is 0 Å². The number of hydrogen-bond donors (Lipinski definition) is 1. The first-order chi connectivity index (χ1) is 7.86. The zero-order valence-corrected chi connectivity index (χ0v) is 10.1. The first-order valence-electron chi connectivity index (χ1n) is 5.05. The van der Waals surface area contributed by atoms with E-state index in [1.165, 1.54) is 5.56 Å². The van der Waals surface area contributed by atoms with Crippen LogP contribution in [0.5, 0.6) is 5.75 Å². The molecule has 0 fully saturated rings. The number of pyridine rings is 1. The minimum absolute atomic E-state index is 0.0856. The third-order valence-electron chi connectivity index (χ3n) is 2.46. The minimum Gasteiger partial charge on any atom is -0.495 e. The molecule has 2 aromatic rings. The number of methoxy groups -OCH3 is 1. The Labute approximate surface area is 99.1 Å². The molecule has 1 atom stereocenters. The van der Waals surface area contributed by atoms with Crippen LogP contribution in [0.2, 0.25) is 0 Å². The maximum atomic E-state index is 5.33. The Morgan fingerprint density at radius 3 is 2.94 bits per heavy atom. The number of thiophene rings is 1. The molecular formula is C12H14N2OS. The molecule has 2 heterocycles. The lowest BCUT2D eigenvalue weighted by molar-refractivity contribution is 0.401. The van der Waals surface area contributed by atoms with Gasteiger partial charge in [0.2, 0.25) is 0 Å². The van der Waals surface area contributed by atoms with E-state index in [0.29, 0.717) is 0 Å². The molecule has 0 amide bonds. The van der Waals surface area contributed by atoms with Crippen molar-refractivity contribution in [2.24, 2.45) is 0 Å². The Balaban J connectivity index is 2.41. The van der Waals surface area contributed by atoms with Gasteiger partial charge < -0.3 is 10.1 Å². The summed E-state index contributed by atoms with van der Waals surface area (Å²) in [5.74, 6) is 0.813. The fourth-order valence-corrected chi connectivity index (χ4v) is 2.38. The van der Waals surface area contributed by atoms with Gasteiger partial charge in [-0.2, -0.15) is 11.3 Å². The van der Waals surface area contributed by atoms with E-state index in [-0.39, 0.29) is 6.04 Å². The van der Waals surface area contributed by atoms with Gasteiger partial charge in [0.1, 0.15) is 11.4 Å². The SMILES string of the molecule is CNC(c1ccsc1)c1ncccc1OC. The molecule has 0 saturated heterocycles. The van der Waals surface area contributed by atoms with Gasteiger partial charge in [0, 0.05) is 6.20 Å². The molecule has 16 heavy (non-hydrogen) atoms. The highest BCUT2D eigenvalue weighted by Crippen LogP contribution is 2.28. The molecule has 0 saturated carbocycles. The molecule has 3 nitrogen and oxygen atoms in total. The molecule has 2 aromatic heterocycles. The van der Waals surface area contributed by atoms with E-state index in [2.05, 4.69) is 27.1 Å². The molecule has 0 aliphatic carbocycles. The first-order valence-corrected chi connectivity index (χ1v) is 5.99. The lowest BCUT2D eigenvalue weighted by Gasteiger charge is -2.16. The highest BCUT2D eigenvalue weighted by Gasteiger charge is 2.17. The van der Waals surface area contributed by atoms with Crippen molar-refractivity contribution in [2.45, 2.75) is 6.04 Å². The number of nitrogens with one attached hydrogen (secondary N) is 1. The van der Waals surface area contributed by atoms with Crippen LogP contribution >= 0.6 is 11.3 Å². The second-order valence-corrected chi connectivity index (χ2v) is 4.15. The topological polar surface area (TPSA) is 34.2 Å². The second kappa shape index (κ2) is 5.09. The number of nitrogens with zero attached hydrogens (tertiary/aromatic N) is 1. The molecule has 0 aromatic carbocycles. The van der Waals surface area contributed by atoms with Gasteiger partial charge in [-0.25, -0.2) is 0 Å². The van der Waals surface area contributed by atoms with Crippen LogP contribution in [0.1, 0.15) is 17.3 Å². The largest absolute Gasteiger partial charge is 0.495 e. The Bertz CT molecular complexity index is 442. The van der Waals surface area contributed by atoms with E-state index in [1.54, 1.807) is 24.6 Å². The molecule has 0 radical (unpaired) electrons. The number of hydrogen-bond acceptors (Lipinski definition) is 4. The van der Waals surface area contributed by atoms with Crippen molar-refractivity contribution < 1.29 is 4.74 Å². The molecular weight excluding hydrogens is 220 g/mol. The van der Waals surface area contributed by atoms with Gasteiger partial charge in [0.25, 0.3) is 0 Å². The van der Waals surface area contributed by atoms with E-state index in [9.17, 15) is 0 Å². The van der Waals surface area contributed by atoms with Crippen molar-refractivity contribution in [3.05, 3.63) is 46.4 Å². The van der Waals surface area contributed by atoms with Gasteiger partial charge in [-0.1, -0.05) is 0 Å². The predicted octanol–water partition coefficient (Wildman–Crippen LogP) is 2.46. The van der Waals surface area contributed by atoms with Gasteiger partial charge in [0.05, 0.1) is 13.2 Å². The molecule has 84 valence electrons. The number of ether oxygens (including phenoxy) is 1. The standard InChI is InChI=1S/C12H14N2OS/c1-13-11(9-5-7-16-8-9)12-10(15-2)4-3-6-14-12/h3-8,11,13H,1-2H3. The summed E-state index contributed by atoms with van der Waals surface area (Å²) in [6, 6.07) is 5.99. The lowest BCUT2D eigenvalue weighted by Crippen LogP contribution is -2.19. The third-order valence-corrected chi connectivity index (χ3v) is 3.16. The quantitative estimate of drug-likeness (QED) is 0.882. The zero-order chi connectivity index (χ0) is 11.4. The Kier molecular flexibility index (Phi) is 3.54. The Morgan fingerprint density at radius 2 is 2.31 bits per heavy atom. The summed E-state index contributed by atoms with van der Waals surface area (Å²) in [4.78, 5) is 4.39. The molecule has 0 bridgehead atoms. The van der Waals surface area contributed by atoms with Gasteiger partial charge in [0.15, 0.2) is 0 Å². The molecule has 2 rings (SSSR count). The van der Waals surface area contributed by atoms with Crippen LogP contribution in [0.4, 0.5) is 0 Å². The van der Waals surface area contributed by atoms with E-state index >= 15 is 0 Å². The molecule has 0 spiro atoms. The fraction of sp³-hybridized carbons (Fsp3) is 0.250. The average molecular weight is 234 g/mol. The van der Waals surface area contributed by atoms with Crippen LogP contribution in [-0.2, 0) is 0 Å². The van der Waals surface area contributed by atoms with E-state index < -0.39 is 0 Å². The predicted molar refractivity (Wildman–Crippen MR) is 66.0 cm³/mol. The van der Waals surface area contributed by atoms with Crippen molar-refractivity contribution >= 4 is 11.3 Å². The lowest BCUT2D eigenvalue weighted by atomic mass is 10.1. The van der Waals surface area contributed by atoms with Crippen LogP contribution in [0.15, 0.2) is 35.2 Å². The van der Waals surface area contributed by atoms with Crippen LogP contribution < -0.4 is 10.1 Å². The van der Waals surface area contributed by atoms with Crippen molar-refractivity contribution in [2.75, 3.05) is 14.2 Å². The summed E-state index contributed by atoms with van der Waals surface area (Å²) in [7, 11) is 3.59. The summed E-state index contributed by atoms with van der Waals surface area (Å²) in [5.41, 5.74) is 2.13. The molecule has 1 N–H and O–H groups in total. The highest BCUT2D eigenvalue weighted by atomic mass is 32.1. The van der Waals surface area contributed by atoms with Crippen LogP contribution in [0, 0.1) is 0 Å². The maximum absolute atomic E-state index is 5.33. The summed E-state index contributed by atoms with van der Waals surface area (Å²) in [6.07, 6.45) is 1.79. The molecule has 1 unspecified atom stereocenters. The van der Waals surface area contributed by atoms with E-state index in [1.807, 2.05) is 19.2 Å². The van der Waals surface area contributed by atoms with Crippen molar-refractivity contribution in [3.8, 4) is 5.75 Å². The van der Waals surface area contributed by atoms with Gasteiger partial charge in [-0.15, -0.1) is 0 Å². The highest BCUT2D eigenvalue weighted by molar-refractivity contribution is 7.08. The van der Waals surface area contributed by atoms with Crippen LogP contribution in [-0.4, -0.2) is 19.1 Å². The van der Waals surface area contributed by atoms with Crippen molar-refractivity contribution in [1.29, 1.82) is 0 Å². The summed E-state index contributed by atoms with van der Waals surface area (Å²) >= 11 is 1.68. The van der Waals surface area contributed by atoms with Gasteiger partial charge in [-0.05, 0) is 41.6 Å². The van der Waals surface area contributed by atoms with Crippen LogP contribution in [0.3, 0.4) is 0 Å². The van der Waals surface area contributed by atoms with Crippen molar-refractivity contribution in [3.63, 3.8) is 0 Å². The minimum atomic E-state index is 0.0856. The normalized spacial score (nSPS) is 12.4. The average Bonchev–Trinajstić information content (AvgIpc) is 2.84. The summed E-state index contributed by atoms with van der Waals surface area (Å²) in [6.45, 7) is 0. The fourth-order valence-electron chi connectivity index (χ4n) is 1.69. The molecule has 4 heteroatoms. The Morgan fingerprint density at radius 1 is 1.44 bits per heavy atom. The second-order valence-electron chi connectivity index (χ2n) is 3.37. The van der Waals surface area contributed by atoms with E-state index in [0.717, 1.165) is 11.4 Å². The van der Waals surface area contributed by atoms with Crippen LogP contribution in [0.25, 0.3) is 0 Å². The monoisotopic (exact) mass is 234 g/mol. The van der Waals surface area contributed by atoms with E-state index in [4.69, 9.17) is 4.74 Å². The first kappa shape index (κ1) is 11.1. The smallest absolute Gasteiger partial charge is 0.142 e. The maximum Gasteiger partial charge on any atom is 0.142 e.